The van der Waals surface area contributed by atoms with Gasteiger partial charge in [0, 0.05) is 25.0 Å². The van der Waals surface area contributed by atoms with Crippen molar-refractivity contribution in [1.82, 2.24) is 14.4 Å². The second-order valence-electron chi connectivity index (χ2n) is 5.90. The van der Waals surface area contributed by atoms with Gasteiger partial charge >= 0.3 is 0 Å². The Labute approximate surface area is 139 Å². The van der Waals surface area contributed by atoms with Crippen molar-refractivity contribution in [2.75, 3.05) is 18.0 Å². The molecule has 0 radical (unpaired) electrons. The number of ether oxygens (including phenoxy) is 1. The van der Waals surface area contributed by atoms with E-state index < -0.39 is 0 Å². The van der Waals surface area contributed by atoms with Gasteiger partial charge in [0.05, 0.1) is 12.7 Å². The number of fused-ring (bicyclic) bond motifs is 1. The summed E-state index contributed by atoms with van der Waals surface area (Å²) in [6.45, 7) is 1.59. The van der Waals surface area contributed by atoms with Crippen LogP contribution in [0, 0.1) is 0 Å². The molecule has 122 valence electrons. The third-order valence-corrected chi connectivity index (χ3v) is 4.20. The Morgan fingerprint density at radius 1 is 1.21 bits per heavy atom. The van der Waals surface area contributed by atoms with Crippen LogP contribution in [0.25, 0.3) is 5.65 Å². The van der Waals surface area contributed by atoms with E-state index in [1.165, 1.54) is 0 Å². The van der Waals surface area contributed by atoms with Gasteiger partial charge in [-0.25, -0.2) is 4.98 Å². The van der Waals surface area contributed by atoms with Gasteiger partial charge in [-0.3, -0.25) is 14.2 Å². The highest BCUT2D eigenvalue weighted by Gasteiger charge is 2.23. The van der Waals surface area contributed by atoms with Gasteiger partial charge in [0.1, 0.15) is 23.3 Å². The molecule has 0 aromatic carbocycles. The van der Waals surface area contributed by atoms with Gasteiger partial charge in [-0.05, 0) is 37.1 Å². The largest absolute Gasteiger partial charge is 0.487 e. The normalized spacial score (nSPS) is 17.8. The highest BCUT2D eigenvalue weighted by Crippen LogP contribution is 2.21. The van der Waals surface area contributed by atoms with Gasteiger partial charge in [0.25, 0.3) is 5.56 Å². The first kappa shape index (κ1) is 14.7. The molecule has 0 bridgehead atoms. The number of nitrogens with zero attached hydrogens (tertiary/aromatic N) is 4. The van der Waals surface area contributed by atoms with E-state index >= 15 is 0 Å². The molecule has 1 atom stereocenters. The maximum absolute atomic E-state index is 12.3. The van der Waals surface area contributed by atoms with Gasteiger partial charge in [-0.1, -0.05) is 6.07 Å². The van der Waals surface area contributed by atoms with Crippen molar-refractivity contribution in [2.45, 2.75) is 18.9 Å². The van der Waals surface area contributed by atoms with Crippen LogP contribution in [0.15, 0.2) is 59.8 Å². The van der Waals surface area contributed by atoms with Crippen molar-refractivity contribution in [1.29, 1.82) is 0 Å². The van der Waals surface area contributed by atoms with E-state index in [4.69, 9.17) is 4.74 Å². The van der Waals surface area contributed by atoms with E-state index in [-0.39, 0.29) is 11.7 Å². The topological polar surface area (TPSA) is 59.7 Å². The minimum atomic E-state index is -0.0640. The van der Waals surface area contributed by atoms with Crippen molar-refractivity contribution in [3.05, 3.63) is 65.3 Å². The zero-order valence-corrected chi connectivity index (χ0v) is 13.2. The van der Waals surface area contributed by atoms with Crippen molar-refractivity contribution in [2.24, 2.45) is 0 Å². The first-order valence-corrected chi connectivity index (χ1v) is 8.10. The summed E-state index contributed by atoms with van der Waals surface area (Å²) in [6, 6.07) is 10.9. The monoisotopic (exact) mass is 322 g/mol. The van der Waals surface area contributed by atoms with Crippen LogP contribution >= 0.6 is 0 Å². The number of hydrogen-bond donors (Lipinski definition) is 0. The lowest BCUT2D eigenvalue weighted by molar-refractivity contribution is 0.178. The maximum atomic E-state index is 12.3. The van der Waals surface area contributed by atoms with Crippen molar-refractivity contribution < 1.29 is 4.74 Å². The molecule has 0 amide bonds. The summed E-state index contributed by atoms with van der Waals surface area (Å²) in [5.41, 5.74) is 0.598. The molecule has 0 N–H and O–H groups in total. The number of pyridine rings is 2. The Morgan fingerprint density at radius 3 is 3.04 bits per heavy atom. The predicted octanol–water partition coefficient (Wildman–Crippen LogP) is 2.14. The molecule has 3 aromatic rings. The number of hydrogen-bond acceptors (Lipinski definition) is 5. The average molecular weight is 322 g/mol. The van der Waals surface area contributed by atoms with Crippen molar-refractivity contribution in [3.63, 3.8) is 0 Å². The number of piperidine rings is 1. The SMILES string of the molecule is O=c1cc(N2CCCC(Oc3cccnc3)C2)nc2ccccn12. The summed E-state index contributed by atoms with van der Waals surface area (Å²) in [6.07, 6.45) is 7.24. The lowest BCUT2D eigenvalue weighted by Crippen LogP contribution is -2.42. The summed E-state index contributed by atoms with van der Waals surface area (Å²) in [5, 5.41) is 0. The molecule has 1 fully saturated rings. The highest BCUT2D eigenvalue weighted by molar-refractivity contribution is 5.48. The second kappa shape index (κ2) is 6.31. The molecule has 24 heavy (non-hydrogen) atoms. The summed E-state index contributed by atoms with van der Waals surface area (Å²) in [5.74, 6) is 1.49. The fraction of sp³-hybridized carbons (Fsp3) is 0.278. The summed E-state index contributed by atoms with van der Waals surface area (Å²) in [4.78, 5) is 23.1. The van der Waals surface area contributed by atoms with E-state index in [1.54, 1.807) is 29.1 Å². The standard InChI is InChI=1S/C18H18N4O2/c23-18-11-17(20-16-7-1-2-10-22(16)18)21-9-4-6-15(13-21)24-14-5-3-8-19-12-14/h1-3,5,7-8,10-12,15H,4,6,9,13H2. The molecule has 1 saturated heterocycles. The Bertz CT molecular complexity index is 894. The Kier molecular flexibility index (Phi) is 3.86. The van der Waals surface area contributed by atoms with Crippen LogP contribution in [0.3, 0.4) is 0 Å². The third-order valence-electron chi connectivity index (χ3n) is 4.20. The molecule has 4 heterocycles. The molecule has 0 aliphatic carbocycles. The van der Waals surface area contributed by atoms with Gasteiger partial charge in [0.15, 0.2) is 0 Å². The molecular weight excluding hydrogens is 304 g/mol. The number of anilines is 1. The van der Waals surface area contributed by atoms with Crippen molar-refractivity contribution in [3.8, 4) is 5.75 Å². The van der Waals surface area contributed by atoms with Crippen LogP contribution in [-0.4, -0.2) is 33.6 Å². The Hall–Kier alpha value is -2.89. The van der Waals surface area contributed by atoms with E-state index in [0.29, 0.717) is 18.0 Å². The highest BCUT2D eigenvalue weighted by atomic mass is 16.5. The predicted molar refractivity (Wildman–Crippen MR) is 91.6 cm³/mol. The lowest BCUT2D eigenvalue weighted by atomic mass is 10.1. The fourth-order valence-electron chi connectivity index (χ4n) is 3.05. The van der Waals surface area contributed by atoms with Crippen LogP contribution < -0.4 is 15.2 Å². The van der Waals surface area contributed by atoms with Gasteiger partial charge in [-0.15, -0.1) is 0 Å². The number of rotatable bonds is 3. The second-order valence-corrected chi connectivity index (χ2v) is 5.90. The Balaban J connectivity index is 1.57. The van der Waals surface area contributed by atoms with E-state index in [1.807, 2.05) is 30.3 Å². The first-order valence-electron chi connectivity index (χ1n) is 8.10. The molecule has 4 rings (SSSR count). The number of aromatic nitrogens is 3. The van der Waals surface area contributed by atoms with Gasteiger partial charge in [-0.2, -0.15) is 0 Å². The molecule has 1 unspecified atom stereocenters. The summed E-state index contributed by atoms with van der Waals surface area (Å²) >= 11 is 0. The van der Waals surface area contributed by atoms with E-state index in [2.05, 4.69) is 14.9 Å². The van der Waals surface area contributed by atoms with Gasteiger partial charge < -0.3 is 9.64 Å². The molecule has 1 aliphatic heterocycles. The van der Waals surface area contributed by atoms with Crippen molar-refractivity contribution >= 4 is 11.5 Å². The molecule has 6 heteroatoms. The molecule has 0 saturated carbocycles. The van der Waals surface area contributed by atoms with Crippen LogP contribution in [0.2, 0.25) is 0 Å². The Morgan fingerprint density at radius 2 is 2.17 bits per heavy atom. The van der Waals surface area contributed by atoms with Gasteiger partial charge in [0.2, 0.25) is 0 Å². The first-order chi connectivity index (χ1) is 11.8. The maximum Gasteiger partial charge on any atom is 0.259 e. The van der Waals surface area contributed by atoms with Crippen LogP contribution in [0.5, 0.6) is 5.75 Å². The summed E-state index contributed by atoms with van der Waals surface area (Å²) < 4.78 is 7.56. The molecule has 0 spiro atoms. The molecular formula is C18H18N4O2. The lowest BCUT2D eigenvalue weighted by Gasteiger charge is -2.33. The van der Waals surface area contributed by atoms with Crippen LogP contribution in [0.1, 0.15) is 12.8 Å². The average Bonchev–Trinajstić information content (AvgIpc) is 2.63. The smallest absolute Gasteiger partial charge is 0.259 e. The minimum Gasteiger partial charge on any atom is -0.487 e. The molecule has 6 nitrogen and oxygen atoms in total. The van der Waals surface area contributed by atoms with Crippen LogP contribution in [0.4, 0.5) is 5.82 Å². The van der Waals surface area contributed by atoms with Crippen LogP contribution in [-0.2, 0) is 0 Å². The van der Waals surface area contributed by atoms with E-state index in [9.17, 15) is 4.79 Å². The zero-order chi connectivity index (χ0) is 16.4. The molecule has 1 aliphatic rings. The third kappa shape index (κ3) is 2.95. The minimum absolute atomic E-state index is 0.0640. The quantitative estimate of drug-likeness (QED) is 0.739. The zero-order valence-electron chi connectivity index (χ0n) is 13.2. The van der Waals surface area contributed by atoms with E-state index in [0.717, 1.165) is 25.1 Å². The summed E-state index contributed by atoms with van der Waals surface area (Å²) in [7, 11) is 0. The molecule has 3 aromatic heterocycles. The fourth-order valence-corrected chi connectivity index (χ4v) is 3.05.